The highest BCUT2D eigenvalue weighted by Crippen LogP contribution is 2.25. The molecule has 0 radical (unpaired) electrons. The van der Waals surface area contributed by atoms with Crippen LogP contribution in [-0.2, 0) is 0 Å². The molecular formula is C13H14BrN3O3. The van der Waals surface area contributed by atoms with Gasteiger partial charge in [0.2, 0.25) is 0 Å². The first-order valence-electron chi connectivity index (χ1n) is 6.38. The molecule has 0 aromatic heterocycles. The molecule has 0 bridgehead atoms. The second kappa shape index (κ2) is 4.97. The van der Waals surface area contributed by atoms with Crippen LogP contribution in [0.1, 0.15) is 10.4 Å². The maximum absolute atomic E-state index is 12.5. The van der Waals surface area contributed by atoms with Gasteiger partial charge >= 0.3 is 6.03 Å². The van der Waals surface area contributed by atoms with Gasteiger partial charge in [-0.05, 0) is 18.2 Å². The molecule has 6 nitrogen and oxygen atoms in total. The first-order chi connectivity index (χ1) is 9.56. The SMILES string of the molecule is O=C(c1cc(Br)ccc1O)N1CCN2C(=O)NCC2C1. The Kier molecular flexibility index (Phi) is 3.29. The summed E-state index contributed by atoms with van der Waals surface area (Å²) >= 11 is 3.30. The first kappa shape index (κ1) is 13.2. The van der Waals surface area contributed by atoms with Crippen molar-refractivity contribution in [3.05, 3.63) is 28.2 Å². The maximum atomic E-state index is 12.5. The van der Waals surface area contributed by atoms with E-state index in [1.807, 2.05) is 0 Å². The van der Waals surface area contributed by atoms with Crippen molar-refractivity contribution in [1.29, 1.82) is 0 Å². The van der Waals surface area contributed by atoms with Gasteiger partial charge in [0.05, 0.1) is 11.6 Å². The van der Waals surface area contributed by atoms with Crippen molar-refractivity contribution >= 4 is 27.9 Å². The van der Waals surface area contributed by atoms with Crippen molar-refractivity contribution in [2.24, 2.45) is 0 Å². The van der Waals surface area contributed by atoms with Gasteiger partial charge in [-0.1, -0.05) is 15.9 Å². The molecule has 2 fully saturated rings. The van der Waals surface area contributed by atoms with Crippen LogP contribution in [0.15, 0.2) is 22.7 Å². The summed E-state index contributed by atoms with van der Waals surface area (Å²) in [7, 11) is 0. The second-order valence-electron chi connectivity index (χ2n) is 4.95. The molecule has 3 amide bonds. The van der Waals surface area contributed by atoms with Gasteiger partial charge in [-0.2, -0.15) is 0 Å². The van der Waals surface area contributed by atoms with Crippen molar-refractivity contribution in [2.75, 3.05) is 26.2 Å². The third kappa shape index (κ3) is 2.22. The lowest BCUT2D eigenvalue weighted by Gasteiger charge is -2.36. The molecule has 0 spiro atoms. The maximum Gasteiger partial charge on any atom is 0.317 e. The van der Waals surface area contributed by atoms with E-state index in [4.69, 9.17) is 0 Å². The highest BCUT2D eigenvalue weighted by atomic mass is 79.9. The lowest BCUT2D eigenvalue weighted by molar-refractivity contribution is 0.0614. The van der Waals surface area contributed by atoms with E-state index in [1.165, 1.54) is 6.07 Å². The number of fused-ring (bicyclic) bond motifs is 1. The number of nitrogens with zero attached hydrogens (tertiary/aromatic N) is 2. The summed E-state index contributed by atoms with van der Waals surface area (Å²) in [5.74, 6) is -0.232. The van der Waals surface area contributed by atoms with Crippen LogP contribution in [0.25, 0.3) is 0 Å². The molecule has 2 aliphatic rings. The molecule has 2 N–H and O–H groups in total. The third-order valence-electron chi connectivity index (χ3n) is 3.71. The molecule has 20 heavy (non-hydrogen) atoms. The van der Waals surface area contributed by atoms with Crippen molar-refractivity contribution in [3.63, 3.8) is 0 Å². The number of carbonyl (C=O) groups excluding carboxylic acids is 2. The Hall–Kier alpha value is -1.76. The minimum atomic E-state index is -0.206. The van der Waals surface area contributed by atoms with Crippen LogP contribution in [0, 0.1) is 0 Å². The topological polar surface area (TPSA) is 72.9 Å². The first-order valence-corrected chi connectivity index (χ1v) is 7.18. The number of phenolic OH excluding ortho intramolecular Hbond substituents is 1. The fourth-order valence-electron chi connectivity index (χ4n) is 2.64. The number of amides is 3. The zero-order valence-electron chi connectivity index (χ0n) is 10.7. The van der Waals surface area contributed by atoms with Crippen LogP contribution in [0.4, 0.5) is 4.79 Å². The van der Waals surface area contributed by atoms with E-state index >= 15 is 0 Å². The fourth-order valence-corrected chi connectivity index (χ4v) is 3.00. The number of rotatable bonds is 1. The summed E-state index contributed by atoms with van der Waals surface area (Å²) < 4.78 is 0.745. The lowest BCUT2D eigenvalue weighted by atomic mass is 10.1. The van der Waals surface area contributed by atoms with Crippen LogP contribution in [0.2, 0.25) is 0 Å². The van der Waals surface area contributed by atoms with E-state index in [1.54, 1.807) is 21.9 Å². The van der Waals surface area contributed by atoms with Crippen LogP contribution in [0.3, 0.4) is 0 Å². The number of nitrogens with one attached hydrogen (secondary N) is 1. The fraction of sp³-hybridized carbons (Fsp3) is 0.385. The predicted octanol–water partition coefficient (Wildman–Crippen LogP) is 1.00. The third-order valence-corrected chi connectivity index (χ3v) is 4.20. The smallest absolute Gasteiger partial charge is 0.317 e. The molecule has 0 aliphatic carbocycles. The van der Waals surface area contributed by atoms with Gasteiger partial charge < -0.3 is 20.2 Å². The van der Waals surface area contributed by atoms with Gasteiger partial charge in [0.1, 0.15) is 5.75 Å². The molecule has 0 saturated carbocycles. The molecular weight excluding hydrogens is 326 g/mol. The molecule has 106 valence electrons. The summed E-state index contributed by atoms with van der Waals surface area (Å²) in [4.78, 5) is 27.4. The molecule has 2 saturated heterocycles. The molecule has 1 aromatic carbocycles. The van der Waals surface area contributed by atoms with Crippen molar-refractivity contribution < 1.29 is 14.7 Å². The molecule has 1 atom stereocenters. The standard InChI is InChI=1S/C13H14BrN3O3/c14-8-1-2-11(18)10(5-8)12(19)16-3-4-17-9(7-16)6-15-13(17)20/h1-2,5,9,18H,3-4,6-7H2,(H,15,20). The van der Waals surface area contributed by atoms with Crippen LogP contribution >= 0.6 is 15.9 Å². The number of halogens is 1. The number of piperazine rings is 1. The largest absolute Gasteiger partial charge is 0.507 e. The highest BCUT2D eigenvalue weighted by molar-refractivity contribution is 9.10. The van der Waals surface area contributed by atoms with Gasteiger partial charge in [0, 0.05) is 30.7 Å². The van der Waals surface area contributed by atoms with E-state index in [-0.39, 0.29) is 29.3 Å². The Bertz CT molecular complexity index is 578. The molecule has 3 rings (SSSR count). The van der Waals surface area contributed by atoms with Gasteiger partial charge in [0.25, 0.3) is 5.91 Å². The van der Waals surface area contributed by atoms with E-state index in [2.05, 4.69) is 21.2 Å². The van der Waals surface area contributed by atoms with E-state index in [0.29, 0.717) is 26.2 Å². The summed E-state index contributed by atoms with van der Waals surface area (Å²) in [6.45, 7) is 2.06. The number of benzene rings is 1. The monoisotopic (exact) mass is 339 g/mol. The Balaban J connectivity index is 1.78. The summed E-state index contributed by atoms with van der Waals surface area (Å²) in [6.07, 6.45) is 0. The van der Waals surface area contributed by atoms with Crippen LogP contribution in [-0.4, -0.2) is 59.1 Å². The highest BCUT2D eigenvalue weighted by Gasteiger charge is 2.37. The molecule has 7 heteroatoms. The number of hydrogen-bond donors (Lipinski definition) is 2. The minimum absolute atomic E-state index is 0.0227. The lowest BCUT2D eigenvalue weighted by Crippen LogP contribution is -2.53. The molecule has 1 unspecified atom stereocenters. The van der Waals surface area contributed by atoms with Crippen LogP contribution in [0.5, 0.6) is 5.75 Å². The number of hydrogen-bond acceptors (Lipinski definition) is 3. The summed E-state index contributed by atoms with van der Waals surface area (Å²) in [6, 6.07) is 4.75. The van der Waals surface area contributed by atoms with Gasteiger partial charge in [0.15, 0.2) is 0 Å². The average Bonchev–Trinajstić information content (AvgIpc) is 2.82. The Morgan fingerprint density at radius 1 is 1.40 bits per heavy atom. The predicted molar refractivity (Wildman–Crippen MR) is 75.6 cm³/mol. The zero-order chi connectivity index (χ0) is 14.3. The number of aromatic hydroxyl groups is 1. The van der Waals surface area contributed by atoms with Gasteiger partial charge in [-0.3, -0.25) is 4.79 Å². The Morgan fingerprint density at radius 3 is 3.00 bits per heavy atom. The summed E-state index contributed by atoms with van der Waals surface area (Å²) in [5, 5.41) is 12.6. The molecule has 2 heterocycles. The van der Waals surface area contributed by atoms with Crippen molar-refractivity contribution in [2.45, 2.75) is 6.04 Å². The second-order valence-corrected chi connectivity index (χ2v) is 5.86. The number of carbonyl (C=O) groups is 2. The number of urea groups is 1. The van der Waals surface area contributed by atoms with Crippen molar-refractivity contribution in [1.82, 2.24) is 15.1 Å². The molecule has 2 aliphatic heterocycles. The Labute approximate surface area is 124 Å². The normalized spacial score (nSPS) is 21.6. The number of phenols is 1. The van der Waals surface area contributed by atoms with E-state index < -0.39 is 0 Å². The zero-order valence-corrected chi connectivity index (χ0v) is 12.3. The van der Waals surface area contributed by atoms with Crippen LogP contribution < -0.4 is 5.32 Å². The minimum Gasteiger partial charge on any atom is -0.507 e. The average molecular weight is 340 g/mol. The van der Waals surface area contributed by atoms with E-state index in [9.17, 15) is 14.7 Å². The summed E-state index contributed by atoms with van der Waals surface area (Å²) in [5.41, 5.74) is 0.283. The van der Waals surface area contributed by atoms with Gasteiger partial charge in [-0.25, -0.2) is 4.79 Å². The molecule has 1 aromatic rings. The Morgan fingerprint density at radius 2 is 2.20 bits per heavy atom. The van der Waals surface area contributed by atoms with E-state index in [0.717, 1.165) is 4.47 Å². The van der Waals surface area contributed by atoms with Crippen molar-refractivity contribution in [3.8, 4) is 5.75 Å². The quantitative estimate of drug-likeness (QED) is 0.801. The van der Waals surface area contributed by atoms with Gasteiger partial charge in [-0.15, -0.1) is 0 Å².